The van der Waals surface area contributed by atoms with E-state index in [0.29, 0.717) is 17.3 Å². The van der Waals surface area contributed by atoms with Gasteiger partial charge in [0.1, 0.15) is 0 Å². The molecule has 5 heteroatoms. The van der Waals surface area contributed by atoms with Gasteiger partial charge in [0, 0.05) is 13.0 Å². The minimum absolute atomic E-state index is 0.00795. The van der Waals surface area contributed by atoms with Crippen LogP contribution in [0.5, 0.6) is 0 Å². The van der Waals surface area contributed by atoms with Gasteiger partial charge in [0.15, 0.2) is 0 Å². The molecule has 0 aliphatic carbocycles. The largest absolute Gasteiger partial charge is 0.481 e. The lowest BCUT2D eigenvalue weighted by Crippen LogP contribution is -2.30. The minimum atomic E-state index is -0.814. The Hall–Kier alpha value is -1.36. The second kappa shape index (κ2) is 7.16. The molecule has 0 radical (unpaired) electrons. The molecule has 0 bridgehead atoms. The number of carbonyl (C=O) groups is 2. The first-order valence-electron chi connectivity index (χ1n) is 6.02. The third kappa shape index (κ3) is 5.31. The monoisotopic (exact) mass is 269 g/mol. The van der Waals surface area contributed by atoms with Crippen molar-refractivity contribution in [1.29, 1.82) is 0 Å². The summed E-state index contributed by atoms with van der Waals surface area (Å²) in [4.78, 5) is 23.1. The van der Waals surface area contributed by atoms with Gasteiger partial charge in [-0.3, -0.25) is 9.59 Å². The summed E-state index contributed by atoms with van der Waals surface area (Å²) >= 11 is 1.38. The molecule has 0 aromatic carbocycles. The molecule has 2 N–H and O–H groups in total. The van der Waals surface area contributed by atoms with Gasteiger partial charge in [0.05, 0.1) is 4.88 Å². The van der Waals surface area contributed by atoms with Crippen molar-refractivity contribution in [2.75, 3.05) is 6.54 Å². The van der Waals surface area contributed by atoms with E-state index in [1.807, 2.05) is 11.4 Å². The number of thiophene rings is 1. The number of hydrogen-bond donors (Lipinski definition) is 2. The van der Waals surface area contributed by atoms with Crippen LogP contribution in [-0.4, -0.2) is 23.5 Å². The second-order valence-electron chi connectivity index (χ2n) is 4.78. The molecule has 1 atom stereocenters. The molecule has 0 saturated heterocycles. The van der Waals surface area contributed by atoms with Crippen LogP contribution in [0, 0.1) is 11.8 Å². The average Bonchev–Trinajstić information content (AvgIpc) is 2.77. The van der Waals surface area contributed by atoms with Gasteiger partial charge in [-0.15, -0.1) is 11.3 Å². The van der Waals surface area contributed by atoms with E-state index in [9.17, 15) is 9.59 Å². The number of rotatable bonds is 7. The van der Waals surface area contributed by atoms with Crippen LogP contribution in [0.3, 0.4) is 0 Å². The normalized spacial score (nSPS) is 12.4. The van der Waals surface area contributed by atoms with E-state index in [2.05, 4.69) is 19.2 Å². The first-order valence-corrected chi connectivity index (χ1v) is 6.90. The Balaban J connectivity index is 2.45. The van der Waals surface area contributed by atoms with Gasteiger partial charge in [-0.25, -0.2) is 0 Å². The van der Waals surface area contributed by atoms with Crippen LogP contribution < -0.4 is 5.32 Å². The molecule has 1 aromatic rings. The summed E-state index contributed by atoms with van der Waals surface area (Å²) in [5, 5.41) is 13.5. The van der Waals surface area contributed by atoms with Gasteiger partial charge >= 0.3 is 5.97 Å². The van der Waals surface area contributed by atoms with E-state index < -0.39 is 5.97 Å². The quantitative estimate of drug-likeness (QED) is 0.799. The molecule has 0 aliphatic heterocycles. The summed E-state index contributed by atoms with van der Waals surface area (Å²) < 4.78 is 0. The van der Waals surface area contributed by atoms with Crippen molar-refractivity contribution in [2.24, 2.45) is 11.8 Å². The van der Waals surface area contributed by atoms with Crippen LogP contribution in [0.1, 0.15) is 36.4 Å². The summed E-state index contributed by atoms with van der Waals surface area (Å²) in [7, 11) is 0. The predicted octanol–water partition coefficient (Wildman–Crippen LogP) is 2.61. The van der Waals surface area contributed by atoms with Crippen LogP contribution in [0.4, 0.5) is 0 Å². The number of carbonyl (C=O) groups excluding carboxylic acids is 1. The molecular formula is C13H19NO3S. The Labute approximate surface area is 111 Å². The standard InChI is InChI=1S/C13H19NO3S/c1-9(2)6-10(7-12(15)16)8-14-13(17)11-4-3-5-18-11/h3-5,9-10H,6-8H2,1-2H3,(H,14,17)(H,15,16). The molecule has 100 valence electrons. The fourth-order valence-electron chi connectivity index (χ4n) is 1.88. The van der Waals surface area contributed by atoms with Crippen molar-refractivity contribution < 1.29 is 14.7 Å². The number of hydrogen-bond acceptors (Lipinski definition) is 3. The van der Waals surface area contributed by atoms with Crippen LogP contribution in [0.15, 0.2) is 17.5 Å². The molecule has 0 spiro atoms. The van der Waals surface area contributed by atoms with Gasteiger partial charge in [-0.2, -0.15) is 0 Å². The Bertz CT molecular complexity index is 387. The molecule has 1 aromatic heterocycles. The van der Waals surface area contributed by atoms with Gasteiger partial charge in [0.2, 0.25) is 0 Å². The fraction of sp³-hybridized carbons (Fsp3) is 0.538. The molecule has 1 amide bonds. The molecule has 0 aliphatic rings. The number of carboxylic acid groups (broad SMARTS) is 1. The molecule has 4 nitrogen and oxygen atoms in total. The first-order chi connectivity index (χ1) is 8.49. The summed E-state index contributed by atoms with van der Waals surface area (Å²) in [5.74, 6) is -0.519. The van der Waals surface area contributed by atoms with E-state index in [0.717, 1.165) is 6.42 Å². The van der Waals surface area contributed by atoms with E-state index in [1.54, 1.807) is 6.07 Å². The SMILES string of the molecule is CC(C)CC(CNC(=O)c1cccs1)CC(=O)O. The number of carboxylic acids is 1. The van der Waals surface area contributed by atoms with Crippen LogP contribution in [-0.2, 0) is 4.79 Å². The Morgan fingerprint density at radius 3 is 2.67 bits per heavy atom. The molecule has 0 saturated carbocycles. The summed E-state index contributed by atoms with van der Waals surface area (Å²) in [6.07, 6.45) is 0.903. The molecular weight excluding hydrogens is 250 g/mol. The number of amides is 1. The first kappa shape index (κ1) is 14.7. The number of aliphatic carboxylic acids is 1. The zero-order valence-corrected chi connectivity index (χ0v) is 11.5. The van der Waals surface area contributed by atoms with Crippen LogP contribution in [0.2, 0.25) is 0 Å². The average molecular weight is 269 g/mol. The summed E-state index contributed by atoms with van der Waals surface area (Å²) in [6.45, 7) is 4.52. The van der Waals surface area contributed by atoms with E-state index in [1.165, 1.54) is 11.3 Å². The van der Waals surface area contributed by atoms with Crippen molar-refractivity contribution in [2.45, 2.75) is 26.7 Å². The highest BCUT2D eigenvalue weighted by molar-refractivity contribution is 7.12. The zero-order chi connectivity index (χ0) is 13.5. The fourth-order valence-corrected chi connectivity index (χ4v) is 2.52. The topological polar surface area (TPSA) is 66.4 Å². The van der Waals surface area contributed by atoms with Gasteiger partial charge in [0.25, 0.3) is 5.91 Å². The third-order valence-corrected chi connectivity index (χ3v) is 3.43. The summed E-state index contributed by atoms with van der Waals surface area (Å²) in [6, 6.07) is 3.58. The molecule has 1 rings (SSSR count). The lowest BCUT2D eigenvalue weighted by atomic mass is 9.94. The third-order valence-electron chi connectivity index (χ3n) is 2.56. The summed E-state index contributed by atoms with van der Waals surface area (Å²) in [5.41, 5.74) is 0. The van der Waals surface area contributed by atoms with Gasteiger partial charge in [-0.1, -0.05) is 19.9 Å². The van der Waals surface area contributed by atoms with Crippen LogP contribution in [0.25, 0.3) is 0 Å². The van der Waals surface area contributed by atoms with Crippen molar-refractivity contribution in [1.82, 2.24) is 5.32 Å². The van der Waals surface area contributed by atoms with Gasteiger partial charge < -0.3 is 10.4 Å². The van der Waals surface area contributed by atoms with Crippen molar-refractivity contribution >= 4 is 23.2 Å². The minimum Gasteiger partial charge on any atom is -0.481 e. The van der Waals surface area contributed by atoms with Crippen LogP contribution >= 0.6 is 11.3 Å². The lowest BCUT2D eigenvalue weighted by Gasteiger charge is -2.17. The Morgan fingerprint density at radius 1 is 1.44 bits per heavy atom. The Morgan fingerprint density at radius 2 is 2.17 bits per heavy atom. The van der Waals surface area contributed by atoms with Crippen molar-refractivity contribution in [3.8, 4) is 0 Å². The molecule has 0 fully saturated rings. The molecule has 1 heterocycles. The smallest absolute Gasteiger partial charge is 0.303 e. The van der Waals surface area contributed by atoms with E-state index >= 15 is 0 Å². The highest BCUT2D eigenvalue weighted by Crippen LogP contribution is 2.15. The maximum absolute atomic E-state index is 11.7. The second-order valence-corrected chi connectivity index (χ2v) is 5.73. The zero-order valence-electron chi connectivity index (χ0n) is 10.7. The predicted molar refractivity (Wildman–Crippen MR) is 71.9 cm³/mol. The highest BCUT2D eigenvalue weighted by Gasteiger charge is 2.16. The van der Waals surface area contributed by atoms with E-state index in [4.69, 9.17) is 5.11 Å². The molecule has 18 heavy (non-hydrogen) atoms. The van der Waals surface area contributed by atoms with Crippen molar-refractivity contribution in [3.05, 3.63) is 22.4 Å². The Kier molecular flexibility index (Phi) is 5.85. The van der Waals surface area contributed by atoms with E-state index in [-0.39, 0.29) is 18.2 Å². The maximum atomic E-state index is 11.7. The lowest BCUT2D eigenvalue weighted by molar-refractivity contribution is -0.138. The maximum Gasteiger partial charge on any atom is 0.303 e. The van der Waals surface area contributed by atoms with Gasteiger partial charge in [-0.05, 0) is 29.7 Å². The van der Waals surface area contributed by atoms with Crippen molar-refractivity contribution in [3.63, 3.8) is 0 Å². The molecule has 1 unspecified atom stereocenters. The number of nitrogens with one attached hydrogen (secondary N) is 1. The highest BCUT2D eigenvalue weighted by atomic mass is 32.1.